The molecule has 0 aliphatic heterocycles. The second kappa shape index (κ2) is 9.80. The Morgan fingerprint density at radius 2 is 1.79 bits per heavy atom. The van der Waals surface area contributed by atoms with Crippen molar-refractivity contribution in [2.75, 3.05) is 20.2 Å². The molecule has 0 aromatic carbocycles. The van der Waals surface area contributed by atoms with Crippen LogP contribution in [-0.4, -0.2) is 36.1 Å². The van der Waals surface area contributed by atoms with E-state index in [0.29, 0.717) is 19.4 Å². The van der Waals surface area contributed by atoms with Gasteiger partial charge in [-0.05, 0) is 32.1 Å². The van der Waals surface area contributed by atoms with Crippen LogP contribution in [0.1, 0.15) is 58.8 Å². The van der Waals surface area contributed by atoms with Crippen LogP contribution >= 0.6 is 0 Å². The van der Waals surface area contributed by atoms with Crippen LogP contribution in [-0.2, 0) is 4.79 Å². The molecule has 110 valence electrons. The lowest BCUT2D eigenvalue weighted by molar-refractivity contribution is -0.138. The van der Waals surface area contributed by atoms with Gasteiger partial charge in [0.05, 0.1) is 6.07 Å². The molecule has 0 radical (unpaired) electrons. The highest BCUT2D eigenvalue weighted by Gasteiger charge is 2.38. The molecule has 1 amide bonds. The Bertz CT molecular complexity index is 291. The Balaban J connectivity index is 4.57. The van der Waals surface area contributed by atoms with Crippen molar-refractivity contribution < 1.29 is 9.90 Å². The highest BCUT2D eigenvalue weighted by Crippen LogP contribution is 2.31. The van der Waals surface area contributed by atoms with Gasteiger partial charge in [-0.25, -0.2) is 0 Å². The predicted molar refractivity (Wildman–Crippen MR) is 76.4 cm³/mol. The van der Waals surface area contributed by atoms with Crippen molar-refractivity contribution in [3.05, 3.63) is 0 Å². The van der Waals surface area contributed by atoms with Gasteiger partial charge < -0.3 is 10.0 Å². The molecule has 19 heavy (non-hydrogen) atoms. The molecule has 1 N–H and O–H groups in total. The third-order valence-corrected chi connectivity index (χ3v) is 3.48. The van der Waals surface area contributed by atoms with E-state index >= 15 is 0 Å². The Kier molecular flexibility index (Phi) is 9.24. The minimum absolute atomic E-state index is 0.0392. The van der Waals surface area contributed by atoms with Crippen molar-refractivity contribution in [1.29, 1.82) is 5.26 Å². The van der Waals surface area contributed by atoms with E-state index < -0.39 is 5.41 Å². The Labute approximate surface area is 117 Å². The first kappa shape index (κ1) is 17.9. The van der Waals surface area contributed by atoms with Crippen LogP contribution in [0.15, 0.2) is 0 Å². The third-order valence-electron chi connectivity index (χ3n) is 3.48. The Morgan fingerprint density at radius 1 is 1.21 bits per heavy atom. The predicted octanol–water partition coefficient (Wildman–Crippen LogP) is 2.72. The first-order chi connectivity index (χ1) is 9.07. The molecule has 0 saturated carbocycles. The summed E-state index contributed by atoms with van der Waals surface area (Å²) < 4.78 is 0. The van der Waals surface area contributed by atoms with Crippen LogP contribution in [0.2, 0.25) is 0 Å². The largest absolute Gasteiger partial charge is 0.396 e. The van der Waals surface area contributed by atoms with Gasteiger partial charge in [-0.3, -0.25) is 4.79 Å². The topological polar surface area (TPSA) is 64.3 Å². The fourth-order valence-electron chi connectivity index (χ4n) is 2.46. The zero-order valence-electron chi connectivity index (χ0n) is 12.6. The van der Waals surface area contributed by atoms with E-state index in [0.717, 1.165) is 32.1 Å². The van der Waals surface area contributed by atoms with Crippen LogP contribution in [0.25, 0.3) is 0 Å². The van der Waals surface area contributed by atoms with Crippen molar-refractivity contribution in [3.8, 4) is 6.07 Å². The highest BCUT2D eigenvalue weighted by molar-refractivity contribution is 5.85. The lowest BCUT2D eigenvalue weighted by Crippen LogP contribution is -2.41. The molecule has 0 aromatic rings. The van der Waals surface area contributed by atoms with Crippen molar-refractivity contribution in [2.24, 2.45) is 5.41 Å². The summed E-state index contributed by atoms with van der Waals surface area (Å²) in [6.07, 6.45) is 5.52. The van der Waals surface area contributed by atoms with Gasteiger partial charge in [0.25, 0.3) is 0 Å². The van der Waals surface area contributed by atoms with E-state index in [1.807, 2.05) is 13.8 Å². The van der Waals surface area contributed by atoms with Crippen molar-refractivity contribution in [3.63, 3.8) is 0 Å². The smallest absolute Gasteiger partial charge is 0.242 e. The third kappa shape index (κ3) is 5.61. The number of unbranched alkanes of at least 4 members (excludes halogenated alkanes) is 2. The molecular weight excluding hydrogens is 240 g/mol. The molecule has 0 unspecified atom stereocenters. The average Bonchev–Trinajstić information content (AvgIpc) is 2.42. The maximum Gasteiger partial charge on any atom is 0.242 e. The van der Waals surface area contributed by atoms with E-state index in [-0.39, 0.29) is 12.5 Å². The molecule has 0 saturated heterocycles. The van der Waals surface area contributed by atoms with Gasteiger partial charge in [-0.1, -0.05) is 26.7 Å². The van der Waals surface area contributed by atoms with Crippen LogP contribution in [0, 0.1) is 16.7 Å². The number of aliphatic hydroxyl groups excluding tert-OH is 1. The molecule has 0 aliphatic carbocycles. The molecule has 4 heteroatoms. The van der Waals surface area contributed by atoms with Gasteiger partial charge in [0.1, 0.15) is 5.41 Å². The standard InChI is InChI=1S/C15H28N2O2/c1-4-9-15(13-16,10-5-2)14(19)17(3)11-7-6-8-12-18/h18H,4-12H2,1-3H3. The Hall–Kier alpha value is -1.08. The molecule has 0 atom stereocenters. The number of hydrogen-bond acceptors (Lipinski definition) is 3. The number of rotatable bonds is 10. The van der Waals surface area contributed by atoms with Gasteiger partial charge in [-0.15, -0.1) is 0 Å². The lowest BCUT2D eigenvalue weighted by atomic mass is 9.79. The second-order valence-electron chi connectivity index (χ2n) is 5.20. The molecule has 0 rings (SSSR count). The van der Waals surface area contributed by atoms with Crippen LogP contribution in [0.3, 0.4) is 0 Å². The molecule has 0 bridgehead atoms. The number of amides is 1. The molecule has 4 nitrogen and oxygen atoms in total. The van der Waals surface area contributed by atoms with Crippen LogP contribution in [0.5, 0.6) is 0 Å². The van der Waals surface area contributed by atoms with E-state index in [4.69, 9.17) is 5.11 Å². The zero-order valence-corrected chi connectivity index (χ0v) is 12.6. The van der Waals surface area contributed by atoms with Crippen molar-refractivity contribution >= 4 is 5.91 Å². The number of nitrogens with zero attached hydrogens (tertiary/aromatic N) is 2. The highest BCUT2D eigenvalue weighted by atomic mass is 16.2. The van der Waals surface area contributed by atoms with Gasteiger partial charge in [0.15, 0.2) is 0 Å². The minimum Gasteiger partial charge on any atom is -0.396 e. The van der Waals surface area contributed by atoms with Crippen molar-refractivity contribution in [2.45, 2.75) is 58.8 Å². The summed E-state index contributed by atoms with van der Waals surface area (Å²) in [6, 6.07) is 2.27. The summed E-state index contributed by atoms with van der Waals surface area (Å²) in [5.41, 5.74) is -0.838. The fraction of sp³-hybridized carbons (Fsp3) is 0.867. The average molecular weight is 268 g/mol. The first-order valence-corrected chi connectivity index (χ1v) is 7.35. The fourth-order valence-corrected chi connectivity index (χ4v) is 2.46. The Morgan fingerprint density at radius 3 is 2.21 bits per heavy atom. The summed E-state index contributed by atoms with van der Waals surface area (Å²) in [7, 11) is 1.78. The lowest BCUT2D eigenvalue weighted by Gasteiger charge is -2.30. The summed E-state index contributed by atoms with van der Waals surface area (Å²) in [5, 5.41) is 18.2. The van der Waals surface area contributed by atoms with E-state index in [2.05, 4.69) is 6.07 Å². The summed E-state index contributed by atoms with van der Waals surface area (Å²) in [4.78, 5) is 14.2. The minimum atomic E-state index is -0.838. The quantitative estimate of drug-likeness (QED) is 0.620. The van der Waals surface area contributed by atoms with Gasteiger partial charge in [-0.2, -0.15) is 5.26 Å². The van der Waals surface area contributed by atoms with E-state index in [9.17, 15) is 10.1 Å². The second-order valence-corrected chi connectivity index (χ2v) is 5.20. The number of nitriles is 1. The SMILES string of the molecule is CCCC(C#N)(CCC)C(=O)N(C)CCCCCO. The maximum atomic E-state index is 12.5. The summed E-state index contributed by atoms with van der Waals surface area (Å²) >= 11 is 0. The first-order valence-electron chi connectivity index (χ1n) is 7.35. The number of hydrogen-bond donors (Lipinski definition) is 1. The molecule has 0 aromatic heterocycles. The van der Waals surface area contributed by atoms with E-state index in [1.165, 1.54) is 0 Å². The number of carbonyl (C=O) groups is 1. The molecule has 0 heterocycles. The maximum absolute atomic E-state index is 12.5. The van der Waals surface area contributed by atoms with E-state index in [1.54, 1.807) is 11.9 Å². The number of carbonyl (C=O) groups excluding carboxylic acids is 1. The molecule has 0 spiro atoms. The molecule has 0 fully saturated rings. The normalized spacial score (nSPS) is 11.1. The van der Waals surface area contributed by atoms with Crippen LogP contribution < -0.4 is 0 Å². The molecular formula is C15H28N2O2. The zero-order chi connectivity index (χ0) is 14.7. The summed E-state index contributed by atoms with van der Waals surface area (Å²) in [6.45, 7) is 4.88. The van der Waals surface area contributed by atoms with Crippen molar-refractivity contribution in [1.82, 2.24) is 4.90 Å². The van der Waals surface area contributed by atoms with Gasteiger partial charge >= 0.3 is 0 Å². The number of aliphatic hydroxyl groups is 1. The van der Waals surface area contributed by atoms with Gasteiger partial charge in [0, 0.05) is 20.2 Å². The molecule has 0 aliphatic rings. The van der Waals surface area contributed by atoms with Crippen LogP contribution in [0.4, 0.5) is 0 Å². The monoisotopic (exact) mass is 268 g/mol. The summed E-state index contributed by atoms with van der Waals surface area (Å²) in [5.74, 6) is -0.0392. The van der Waals surface area contributed by atoms with Gasteiger partial charge in [0.2, 0.25) is 5.91 Å².